The number of hydrogen-bond acceptors (Lipinski definition) is 4. The van der Waals surface area contributed by atoms with Crippen LogP contribution in [0.2, 0.25) is 0 Å². The number of aromatic nitrogens is 1. The fourth-order valence-electron chi connectivity index (χ4n) is 2.05. The van der Waals surface area contributed by atoms with Crippen LogP contribution in [0, 0.1) is 5.92 Å². The van der Waals surface area contributed by atoms with Crippen LogP contribution in [-0.2, 0) is 6.42 Å². The maximum Gasteiger partial charge on any atom is 0.407 e. The fourth-order valence-corrected chi connectivity index (χ4v) is 2.82. The Morgan fingerprint density at radius 2 is 2.50 bits per heavy atom. The normalized spacial score (nSPS) is 21.0. The zero-order valence-electron chi connectivity index (χ0n) is 8.80. The van der Waals surface area contributed by atoms with Gasteiger partial charge in [0.05, 0.1) is 10.4 Å². The third-order valence-electron chi connectivity index (χ3n) is 2.79. The second-order valence-electron chi connectivity index (χ2n) is 4.04. The molecule has 1 saturated heterocycles. The van der Waals surface area contributed by atoms with Crippen molar-refractivity contribution in [3.05, 3.63) is 10.4 Å². The topological polar surface area (TPSA) is 73.7 Å². The molecule has 0 spiro atoms. The van der Waals surface area contributed by atoms with Crippen molar-refractivity contribution in [1.82, 2.24) is 9.88 Å². The molecule has 2 rings (SSSR count). The molecule has 0 saturated carbocycles. The number of carboxylic acid groups (broad SMARTS) is 1. The maximum atomic E-state index is 10.8. The van der Waals surface area contributed by atoms with E-state index in [0.29, 0.717) is 19.0 Å². The number of aromatic hydroxyl groups is 1. The van der Waals surface area contributed by atoms with Gasteiger partial charge < -0.3 is 15.1 Å². The smallest absolute Gasteiger partial charge is 0.407 e. The first-order valence-corrected chi connectivity index (χ1v) is 6.14. The number of hydrogen-bond donors (Lipinski definition) is 2. The molecule has 5 nitrogen and oxygen atoms in total. The summed E-state index contributed by atoms with van der Waals surface area (Å²) in [5.41, 5.74) is 0. The van der Waals surface area contributed by atoms with Crippen LogP contribution in [0.25, 0.3) is 0 Å². The van der Waals surface area contributed by atoms with Crippen LogP contribution in [0.15, 0.2) is 5.38 Å². The largest absolute Gasteiger partial charge is 0.493 e. The first-order chi connectivity index (χ1) is 7.65. The van der Waals surface area contributed by atoms with Gasteiger partial charge in [-0.25, -0.2) is 9.78 Å². The summed E-state index contributed by atoms with van der Waals surface area (Å²) in [6.07, 6.45) is 1.86. The molecular formula is C10H14N2O3S. The molecule has 1 aliphatic heterocycles. The molecule has 1 aromatic heterocycles. The Kier molecular flexibility index (Phi) is 3.28. The molecule has 16 heavy (non-hydrogen) atoms. The van der Waals surface area contributed by atoms with Crippen LogP contribution in [0.1, 0.15) is 17.8 Å². The highest BCUT2D eigenvalue weighted by Crippen LogP contribution is 2.24. The summed E-state index contributed by atoms with van der Waals surface area (Å²) in [6, 6.07) is 0. The Morgan fingerprint density at radius 1 is 1.69 bits per heavy atom. The van der Waals surface area contributed by atoms with Gasteiger partial charge >= 0.3 is 6.09 Å². The number of likely N-dealkylation sites (tertiary alicyclic amines) is 1. The zero-order valence-corrected chi connectivity index (χ0v) is 9.61. The standard InChI is InChI=1S/C10H14N2O3S/c13-8-6-16-9(11-8)4-7-2-1-3-12(5-7)10(14)15/h6-7,13H,1-5H2,(H,14,15). The quantitative estimate of drug-likeness (QED) is 0.829. The minimum Gasteiger partial charge on any atom is -0.493 e. The van der Waals surface area contributed by atoms with Crippen LogP contribution in [-0.4, -0.2) is 39.3 Å². The van der Waals surface area contributed by atoms with E-state index in [2.05, 4.69) is 4.98 Å². The molecule has 1 aromatic rings. The van der Waals surface area contributed by atoms with Crippen molar-refractivity contribution in [2.24, 2.45) is 5.92 Å². The highest BCUT2D eigenvalue weighted by Gasteiger charge is 2.23. The number of thiazole rings is 1. The van der Waals surface area contributed by atoms with Gasteiger partial charge in [-0.3, -0.25) is 0 Å². The van der Waals surface area contributed by atoms with E-state index in [4.69, 9.17) is 10.2 Å². The van der Waals surface area contributed by atoms with Crippen molar-refractivity contribution in [2.45, 2.75) is 19.3 Å². The second kappa shape index (κ2) is 4.69. The average Bonchev–Trinajstić information content (AvgIpc) is 2.64. The van der Waals surface area contributed by atoms with Crippen LogP contribution >= 0.6 is 11.3 Å². The summed E-state index contributed by atoms with van der Waals surface area (Å²) in [6.45, 7) is 1.21. The number of rotatable bonds is 2. The van der Waals surface area contributed by atoms with Crippen LogP contribution in [0.5, 0.6) is 5.88 Å². The van der Waals surface area contributed by atoms with Crippen molar-refractivity contribution in [2.75, 3.05) is 13.1 Å². The average molecular weight is 242 g/mol. The van der Waals surface area contributed by atoms with E-state index in [-0.39, 0.29) is 5.88 Å². The molecule has 1 atom stereocenters. The van der Waals surface area contributed by atoms with Gasteiger partial charge in [0.1, 0.15) is 0 Å². The Labute approximate surface area is 97.4 Å². The third kappa shape index (κ3) is 2.63. The molecule has 2 heterocycles. The molecular weight excluding hydrogens is 228 g/mol. The summed E-state index contributed by atoms with van der Waals surface area (Å²) in [5.74, 6) is 0.390. The molecule has 1 amide bonds. The Balaban J connectivity index is 1.92. The highest BCUT2D eigenvalue weighted by atomic mass is 32.1. The van der Waals surface area contributed by atoms with Gasteiger partial charge in [0, 0.05) is 19.5 Å². The van der Waals surface area contributed by atoms with Crippen molar-refractivity contribution in [1.29, 1.82) is 0 Å². The summed E-state index contributed by atoms with van der Waals surface area (Å²) < 4.78 is 0. The number of amides is 1. The van der Waals surface area contributed by atoms with Crippen LogP contribution in [0.3, 0.4) is 0 Å². The molecule has 0 bridgehead atoms. The van der Waals surface area contributed by atoms with E-state index in [0.717, 1.165) is 24.3 Å². The molecule has 1 aliphatic rings. The number of nitrogens with zero attached hydrogens (tertiary/aromatic N) is 2. The Bertz CT molecular complexity index is 380. The molecule has 1 unspecified atom stereocenters. The lowest BCUT2D eigenvalue weighted by molar-refractivity contribution is 0.120. The monoisotopic (exact) mass is 242 g/mol. The molecule has 2 N–H and O–H groups in total. The van der Waals surface area contributed by atoms with Crippen molar-refractivity contribution >= 4 is 17.4 Å². The highest BCUT2D eigenvalue weighted by molar-refractivity contribution is 7.09. The Morgan fingerprint density at radius 3 is 3.12 bits per heavy atom. The Hall–Kier alpha value is -1.30. The number of carbonyl (C=O) groups is 1. The van der Waals surface area contributed by atoms with Gasteiger partial charge in [-0.1, -0.05) is 0 Å². The lowest BCUT2D eigenvalue weighted by Crippen LogP contribution is -2.39. The maximum absolute atomic E-state index is 10.8. The van der Waals surface area contributed by atoms with Crippen LogP contribution < -0.4 is 0 Å². The van der Waals surface area contributed by atoms with Gasteiger partial charge in [0.2, 0.25) is 5.88 Å². The van der Waals surface area contributed by atoms with Gasteiger partial charge in [0.25, 0.3) is 0 Å². The van der Waals surface area contributed by atoms with Gasteiger partial charge in [-0.05, 0) is 18.8 Å². The molecule has 0 aromatic carbocycles. The van der Waals surface area contributed by atoms with Gasteiger partial charge in [-0.2, -0.15) is 0 Å². The van der Waals surface area contributed by atoms with E-state index < -0.39 is 6.09 Å². The zero-order chi connectivity index (χ0) is 11.5. The first-order valence-electron chi connectivity index (χ1n) is 5.26. The van der Waals surface area contributed by atoms with Crippen molar-refractivity contribution in [3.8, 4) is 5.88 Å². The SMILES string of the molecule is O=C(O)N1CCCC(Cc2nc(O)cs2)C1. The van der Waals surface area contributed by atoms with Gasteiger partial charge in [0.15, 0.2) is 0 Å². The van der Waals surface area contributed by atoms with Crippen LogP contribution in [0.4, 0.5) is 4.79 Å². The van der Waals surface area contributed by atoms with E-state index in [1.165, 1.54) is 16.2 Å². The van der Waals surface area contributed by atoms with Crippen molar-refractivity contribution in [3.63, 3.8) is 0 Å². The second-order valence-corrected chi connectivity index (χ2v) is 4.98. The predicted molar refractivity (Wildman–Crippen MR) is 59.8 cm³/mol. The van der Waals surface area contributed by atoms with Crippen molar-refractivity contribution < 1.29 is 15.0 Å². The van der Waals surface area contributed by atoms with E-state index >= 15 is 0 Å². The summed E-state index contributed by atoms with van der Waals surface area (Å²) in [4.78, 5) is 16.3. The van der Waals surface area contributed by atoms with E-state index in [9.17, 15) is 4.79 Å². The lowest BCUT2D eigenvalue weighted by Gasteiger charge is -2.30. The third-order valence-corrected chi connectivity index (χ3v) is 3.65. The minimum atomic E-state index is -0.841. The van der Waals surface area contributed by atoms with E-state index in [1.807, 2.05) is 0 Å². The molecule has 1 fully saturated rings. The predicted octanol–water partition coefficient (Wildman–Crippen LogP) is 1.78. The van der Waals surface area contributed by atoms with Gasteiger partial charge in [-0.15, -0.1) is 11.3 Å². The fraction of sp³-hybridized carbons (Fsp3) is 0.600. The molecule has 0 radical (unpaired) electrons. The molecule has 0 aliphatic carbocycles. The summed E-state index contributed by atoms with van der Waals surface area (Å²) in [7, 11) is 0. The van der Waals surface area contributed by atoms with E-state index in [1.54, 1.807) is 5.38 Å². The molecule has 6 heteroatoms. The number of piperidine rings is 1. The molecule has 88 valence electrons. The first kappa shape index (κ1) is 11.2. The lowest BCUT2D eigenvalue weighted by atomic mass is 9.95. The summed E-state index contributed by atoms with van der Waals surface area (Å²) in [5, 5.41) is 20.5. The summed E-state index contributed by atoms with van der Waals surface area (Å²) >= 11 is 1.43. The minimum absolute atomic E-state index is 0.0610.